The smallest absolute Gasteiger partial charge is 0.317 e. The van der Waals surface area contributed by atoms with E-state index in [2.05, 4.69) is 12.2 Å². The lowest BCUT2D eigenvalue weighted by molar-refractivity contribution is -0.143. The average molecular weight is 508 g/mol. The molecule has 1 saturated heterocycles. The maximum Gasteiger partial charge on any atom is 0.317 e. The van der Waals surface area contributed by atoms with Gasteiger partial charge in [-0.05, 0) is 66.1 Å². The molecule has 0 spiro atoms. The van der Waals surface area contributed by atoms with E-state index < -0.39 is 5.92 Å². The molecule has 0 unspecified atom stereocenters. The molecule has 3 aromatic carbocycles. The predicted molar refractivity (Wildman–Crippen MR) is 142 cm³/mol. The summed E-state index contributed by atoms with van der Waals surface area (Å²) in [5, 5.41) is 0. The number of anilines is 1. The molecule has 2 amide bonds. The highest BCUT2D eigenvalue weighted by Gasteiger charge is 2.59. The van der Waals surface area contributed by atoms with Gasteiger partial charge in [0.1, 0.15) is 18.3 Å². The lowest BCUT2D eigenvalue weighted by Crippen LogP contribution is -2.32. The van der Waals surface area contributed by atoms with Crippen LogP contribution in [0.2, 0.25) is 0 Å². The quantitative estimate of drug-likeness (QED) is 0.236. The third-order valence-electron chi connectivity index (χ3n) is 7.94. The van der Waals surface area contributed by atoms with Crippen molar-refractivity contribution in [2.75, 3.05) is 11.5 Å². The third kappa shape index (κ3) is 4.20. The first-order valence-electron chi connectivity index (χ1n) is 13.1. The fourth-order valence-corrected chi connectivity index (χ4v) is 6.16. The Bertz CT molecular complexity index is 1350. The first kappa shape index (κ1) is 24.2. The third-order valence-corrected chi connectivity index (χ3v) is 7.94. The number of benzene rings is 3. The molecule has 38 heavy (non-hydrogen) atoms. The molecular formula is C32H29NO5. The van der Waals surface area contributed by atoms with Crippen LogP contribution in [0.15, 0.2) is 91.0 Å². The molecule has 3 aliphatic rings. The van der Waals surface area contributed by atoms with Gasteiger partial charge in [0.15, 0.2) is 0 Å². The molecule has 0 aromatic heterocycles. The highest BCUT2D eigenvalue weighted by molar-refractivity contribution is 6.22. The van der Waals surface area contributed by atoms with Crippen LogP contribution in [-0.4, -0.2) is 24.4 Å². The normalized spacial score (nSPS) is 24.0. The maximum atomic E-state index is 13.0. The number of rotatable bonds is 8. The molecule has 1 heterocycles. The SMILES string of the molecule is CCOC(=O)[C@@H](c1ccccc1)c1ccc(COc2ccc(N3C(=O)[C@@H]4[C@@H](C3=O)[C@H]3C=C[C@@H]4C3)cc2)cc1. The molecule has 6 nitrogen and oxygen atoms in total. The molecule has 5 atom stereocenters. The zero-order valence-electron chi connectivity index (χ0n) is 21.2. The second kappa shape index (κ2) is 9.93. The van der Waals surface area contributed by atoms with Gasteiger partial charge in [-0.25, -0.2) is 0 Å². The number of hydrogen-bond acceptors (Lipinski definition) is 5. The number of fused-ring (bicyclic) bond motifs is 5. The van der Waals surface area contributed by atoms with Gasteiger partial charge in [0, 0.05) is 0 Å². The van der Waals surface area contributed by atoms with E-state index in [-0.39, 0.29) is 41.5 Å². The van der Waals surface area contributed by atoms with E-state index in [1.807, 2.05) is 54.6 Å². The number of carbonyl (C=O) groups excluding carboxylic acids is 3. The van der Waals surface area contributed by atoms with Crippen LogP contribution in [0.4, 0.5) is 5.69 Å². The zero-order chi connectivity index (χ0) is 26.2. The molecule has 6 heteroatoms. The van der Waals surface area contributed by atoms with Crippen molar-refractivity contribution in [3.63, 3.8) is 0 Å². The van der Waals surface area contributed by atoms with Gasteiger partial charge < -0.3 is 9.47 Å². The second-order valence-corrected chi connectivity index (χ2v) is 10.1. The van der Waals surface area contributed by atoms with Gasteiger partial charge in [0.25, 0.3) is 0 Å². The maximum absolute atomic E-state index is 13.0. The Morgan fingerprint density at radius 3 is 2.05 bits per heavy atom. The Labute approximate surface area is 221 Å². The highest BCUT2D eigenvalue weighted by Crippen LogP contribution is 2.53. The van der Waals surface area contributed by atoms with Crippen LogP contribution in [0, 0.1) is 23.7 Å². The van der Waals surface area contributed by atoms with Crippen molar-refractivity contribution < 1.29 is 23.9 Å². The van der Waals surface area contributed by atoms with E-state index in [0.717, 1.165) is 23.1 Å². The molecule has 0 N–H and O–H groups in total. The largest absolute Gasteiger partial charge is 0.489 e. The first-order chi connectivity index (χ1) is 18.5. The van der Waals surface area contributed by atoms with E-state index in [9.17, 15) is 14.4 Å². The van der Waals surface area contributed by atoms with Crippen molar-refractivity contribution in [1.82, 2.24) is 0 Å². The van der Waals surface area contributed by atoms with E-state index in [1.165, 1.54) is 4.90 Å². The molecule has 2 aliphatic carbocycles. The Hall–Kier alpha value is -4.19. The Kier molecular flexibility index (Phi) is 6.32. The van der Waals surface area contributed by atoms with Gasteiger partial charge in [0.05, 0.1) is 24.1 Å². The van der Waals surface area contributed by atoms with E-state index in [1.54, 1.807) is 31.2 Å². The van der Waals surface area contributed by atoms with Crippen molar-refractivity contribution in [2.45, 2.75) is 25.9 Å². The molecule has 3 aromatic rings. The Balaban J connectivity index is 1.11. The van der Waals surface area contributed by atoms with Crippen molar-refractivity contribution in [3.8, 4) is 5.75 Å². The summed E-state index contributed by atoms with van der Waals surface area (Å²) < 4.78 is 11.3. The van der Waals surface area contributed by atoms with Crippen molar-refractivity contribution in [2.24, 2.45) is 23.7 Å². The van der Waals surface area contributed by atoms with Gasteiger partial charge in [-0.1, -0.05) is 66.7 Å². The summed E-state index contributed by atoms with van der Waals surface area (Å²) in [5.74, 6) is -0.299. The molecule has 1 aliphatic heterocycles. The topological polar surface area (TPSA) is 72.9 Å². The minimum absolute atomic E-state index is 0.0813. The molecule has 2 bridgehead atoms. The fraction of sp³-hybridized carbons (Fsp3) is 0.281. The van der Waals surface area contributed by atoms with Gasteiger partial charge in [-0.3, -0.25) is 19.3 Å². The molecule has 1 saturated carbocycles. The van der Waals surface area contributed by atoms with Crippen LogP contribution in [0.3, 0.4) is 0 Å². The summed E-state index contributed by atoms with van der Waals surface area (Å²) >= 11 is 0. The van der Waals surface area contributed by atoms with Crippen molar-refractivity contribution in [3.05, 3.63) is 108 Å². The average Bonchev–Trinajstić information content (AvgIpc) is 3.63. The highest BCUT2D eigenvalue weighted by atomic mass is 16.5. The van der Waals surface area contributed by atoms with Crippen molar-refractivity contribution >= 4 is 23.5 Å². The standard InChI is InChI=1S/C32H29NO5/c1-2-37-32(36)27(21-6-4-3-5-7-21)22-10-8-20(9-11-22)19-38-26-16-14-25(15-17-26)33-30(34)28-23-12-13-24(18-23)29(28)31(33)35/h3-17,23-24,27-29H,2,18-19H2,1H3/t23-,24+,27-,28-,29-/m0/s1. The molecule has 6 rings (SSSR count). The summed E-state index contributed by atoms with van der Waals surface area (Å²) in [6.07, 6.45) is 5.12. The Morgan fingerprint density at radius 2 is 1.45 bits per heavy atom. The summed E-state index contributed by atoms with van der Waals surface area (Å²) in [6, 6.07) is 24.5. The fourth-order valence-electron chi connectivity index (χ4n) is 6.16. The Morgan fingerprint density at radius 1 is 0.842 bits per heavy atom. The lowest BCUT2D eigenvalue weighted by Gasteiger charge is -2.18. The number of amides is 2. The monoisotopic (exact) mass is 507 g/mol. The summed E-state index contributed by atoms with van der Waals surface area (Å²) in [5.41, 5.74) is 3.29. The number of allylic oxidation sites excluding steroid dienone is 2. The number of carbonyl (C=O) groups is 3. The minimum Gasteiger partial charge on any atom is -0.489 e. The van der Waals surface area contributed by atoms with Gasteiger partial charge in [0.2, 0.25) is 11.8 Å². The number of nitrogens with zero attached hydrogens (tertiary/aromatic N) is 1. The number of ether oxygens (including phenoxy) is 2. The second-order valence-electron chi connectivity index (χ2n) is 10.1. The molecule has 2 fully saturated rings. The van der Waals surface area contributed by atoms with Crippen LogP contribution in [0.25, 0.3) is 0 Å². The van der Waals surface area contributed by atoms with Gasteiger partial charge in [-0.2, -0.15) is 0 Å². The number of hydrogen-bond donors (Lipinski definition) is 0. The summed E-state index contributed by atoms with van der Waals surface area (Å²) in [4.78, 5) is 40.1. The zero-order valence-corrected chi connectivity index (χ0v) is 21.2. The number of esters is 1. The molecular weight excluding hydrogens is 478 g/mol. The van der Waals surface area contributed by atoms with Gasteiger partial charge in [-0.15, -0.1) is 0 Å². The van der Waals surface area contributed by atoms with Crippen LogP contribution in [-0.2, 0) is 25.7 Å². The van der Waals surface area contributed by atoms with Crippen LogP contribution in [0.5, 0.6) is 5.75 Å². The van der Waals surface area contributed by atoms with Crippen LogP contribution in [0.1, 0.15) is 36.0 Å². The molecule has 0 radical (unpaired) electrons. The molecule has 192 valence electrons. The van der Waals surface area contributed by atoms with Crippen molar-refractivity contribution in [1.29, 1.82) is 0 Å². The predicted octanol–water partition coefficient (Wildman–Crippen LogP) is 5.27. The minimum atomic E-state index is -0.486. The van der Waals surface area contributed by atoms with Gasteiger partial charge >= 0.3 is 5.97 Å². The van der Waals surface area contributed by atoms with Crippen LogP contribution >= 0.6 is 0 Å². The summed E-state index contributed by atoms with van der Waals surface area (Å²) in [6.45, 7) is 2.47. The van der Waals surface area contributed by atoms with E-state index >= 15 is 0 Å². The lowest BCUT2D eigenvalue weighted by atomic mass is 9.85. The van der Waals surface area contributed by atoms with Crippen LogP contribution < -0.4 is 9.64 Å². The van der Waals surface area contributed by atoms with E-state index in [4.69, 9.17) is 9.47 Å². The summed E-state index contributed by atoms with van der Waals surface area (Å²) in [7, 11) is 0. The first-order valence-corrected chi connectivity index (χ1v) is 13.1. The number of imide groups is 1. The van der Waals surface area contributed by atoms with E-state index in [0.29, 0.717) is 24.7 Å².